The molecule has 0 radical (unpaired) electrons. The van der Waals surface area contributed by atoms with Gasteiger partial charge in [-0.2, -0.15) is 0 Å². The molecule has 1 N–H and O–H groups in total. The summed E-state index contributed by atoms with van der Waals surface area (Å²) in [5.41, 5.74) is 7.25. The van der Waals surface area contributed by atoms with Crippen molar-refractivity contribution < 1.29 is 1.43 Å². The van der Waals surface area contributed by atoms with E-state index in [1.165, 1.54) is 29.5 Å². The quantitative estimate of drug-likeness (QED) is 0.915. The lowest BCUT2D eigenvalue weighted by atomic mass is 9.75. The summed E-state index contributed by atoms with van der Waals surface area (Å²) < 4.78 is 0. The van der Waals surface area contributed by atoms with Gasteiger partial charge in [0.05, 0.1) is 0 Å². The maximum atomic E-state index is 4.29. The lowest BCUT2D eigenvalue weighted by Crippen LogP contribution is -2.39. The van der Waals surface area contributed by atoms with Gasteiger partial charge in [0.25, 0.3) is 0 Å². The monoisotopic (exact) mass is 296 g/mol. The van der Waals surface area contributed by atoms with E-state index in [0.29, 0.717) is 12.0 Å². The summed E-state index contributed by atoms with van der Waals surface area (Å²) in [6.45, 7) is 7.70. The second-order valence-corrected chi connectivity index (χ2v) is 6.51. The van der Waals surface area contributed by atoms with E-state index in [0.717, 1.165) is 13.0 Å². The minimum absolute atomic E-state index is 0. The molecule has 2 heteroatoms. The molecule has 1 heterocycles. The maximum absolute atomic E-state index is 4.29. The molecule has 22 heavy (non-hydrogen) atoms. The number of aromatic nitrogens is 1. The fourth-order valence-electron chi connectivity index (χ4n) is 3.72. The Bertz CT molecular complexity index is 640. The van der Waals surface area contributed by atoms with Crippen molar-refractivity contribution in [2.75, 3.05) is 6.54 Å². The average molecular weight is 296 g/mol. The van der Waals surface area contributed by atoms with Gasteiger partial charge in [-0.1, -0.05) is 25.1 Å². The molecule has 3 rings (SSSR count). The molecular weight excluding hydrogens is 268 g/mol. The zero-order chi connectivity index (χ0) is 15.5. The Morgan fingerprint density at radius 2 is 2.09 bits per heavy atom. The van der Waals surface area contributed by atoms with E-state index in [-0.39, 0.29) is 1.43 Å². The average Bonchev–Trinajstić information content (AvgIpc) is 2.53. The van der Waals surface area contributed by atoms with Crippen molar-refractivity contribution >= 4 is 0 Å². The molecular formula is C20H28N2. The Labute approximate surface area is 135 Å². The van der Waals surface area contributed by atoms with E-state index in [2.05, 4.69) is 49.3 Å². The van der Waals surface area contributed by atoms with Gasteiger partial charge in [-0.05, 0) is 73.5 Å². The van der Waals surface area contributed by atoms with Crippen molar-refractivity contribution in [2.45, 2.75) is 52.0 Å². The van der Waals surface area contributed by atoms with Crippen LogP contribution in [0.5, 0.6) is 0 Å². The van der Waals surface area contributed by atoms with E-state index in [1.54, 1.807) is 11.1 Å². The van der Waals surface area contributed by atoms with Crippen LogP contribution >= 0.6 is 0 Å². The third kappa shape index (κ3) is 3.07. The Kier molecular flexibility index (Phi) is 4.58. The van der Waals surface area contributed by atoms with Crippen LogP contribution in [-0.2, 0) is 12.8 Å². The molecule has 0 saturated heterocycles. The summed E-state index contributed by atoms with van der Waals surface area (Å²) in [5.74, 6) is 0.548. The van der Waals surface area contributed by atoms with Crippen LogP contribution in [0.4, 0.5) is 0 Å². The number of aryl methyl sites for hydroxylation is 3. The molecule has 0 aliphatic heterocycles. The van der Waals surface area contributed by atoms with Gasteiger partial charge in [-0.3, -0.25) is 4.98 Å². The van der Waals surface area contributed by atoms with Gasteiger partial charge >= 0.3 is 0 Å². The van der Waals surface area contributed by atoms with Crippen LogP contribution in [0.1, 0.15) is 48.5 Å². The number of hydrogen-bond acceptors (Lipinski definition) is 2. The number of nitrogens with zero attached hydrogens (tertiary/aromatic N) is 1. The molecule has 1 aliphatic rings. The Morgan fingerprint density at radius 1 is 1.27 bits per heavy atom. The molecule has 2 nitrogen and oxygen atoms in total. The standard InChI is InChI=1S/C20H26N2.H2/c1-4-22-20-8-7-17-10-14(2)15(3)11-18(17)19(20)12-16-6-5-9-21-13-16;/h5-6,9-11,13,19-20,22H,4,7-8,12H2,1-3H3;1H. The van der Waals surface area contributed by atoms with Crippen LogP contribution in [0.3, 0.4) is 0 Å². The number of rotatable bonds is 4. The smallest absolute Gasteiger partial charge is 0.0300 e. The van der Waals surface area contributed by atoms with Crippen LogP contribution in [0.15, 0.2) is 36.7 Å². The van der Waals surface area contributed by atoms with Crippen LogP contribution in [0, 0.1) is 13.8 Å². The molecule has 2 atom stereocenters. The van der Waals surface area contributed by atoms with Gasteiger partial charge in [0, 0.05) is 25.8 Å². The number of fused-ring (bicyclic) bond motifs is 1. The highest BCUT2D eigenvalue weighted by atomic mass is 14.9. The Balaban J connectivity index is 0.00000192. The summed E-state index contributed by atoms with van der Waals surface area (Å²) >= 11 is 0. The molecule has 118 valence electrons. The molecule has 0 bridgehead atoms. The molecule has 1 aliphatic carbocycles. The highest BCUT2D eigenvalue weighted by molar-refractivity contribution is 5.42. The molecule has 0 spiro atoms. The normalized spacial score (nSPS) is 20.7. The van der Waals surface area contributed by atoms with Crippen molar-refractivity contribution in [1.29, 1.82) is 0 Å². The molecule has 1 aromatic carbocycles. The first-order valence-corrected chi connectivity index (χ1v) is 8.41. The minimum atomic E-state index is 0. The number of hydrogen-bond donors (Lipinski definition) is 1. The summed E-state index contributed by atoms with van der Waals surface area (Å²) in [6, 6.07) is 9.64. The molecule has 0 fully saturated rings. The van der Waals surface area contributed by atoms with E-state index < -0.39 is 0 Å². The topological polar surface area (TPSA) is 24.9 Å². The van der Waals surface area contributed by atoms with E-state index >= 15 is 0 Å². The summed E-state index contributed by atoms with van der Waals surface area (Å²) in [6.07, 6.45) is 7.36. The molecule has 1 aromatic heterocycles. The van der Waals surface area contributed by atoms with Crippen LogP contribution in [0.2, 0.25) is 0 Å². The lowest BCUT2D eigenvalue weighted by molar-refractivity contribution is 0.391. The number of nitrogens with one attached hydrogen (secondary N) is 1. The number of likely N-dealkylation sites (N-methyl/N-ethyl adjacent to an activating group) is 1. The minimum Gasteiger partial charge on any atom is -0.314 e. The van der Waals surface area contributed by atoms with Gasteiger partial charge < -0.3 is 5.32 Å². The van der Waals surface area contributed by atoms with Crippen LogP contribution < -0.4 is 5.32 Å². The van der Waals surface area contributed by atoms with Gasteiger partial charge in [0.15, 0.2) is 0 Å². The van der Waals surface area contributed by atoms with Gasteiger partial charge in [0.1, 0.15) is 0 Å². The molecule has 2 unspecified atom stereocenters. The largest absolute Gasteiger partial charge is 0.314 e. The van der Waals surface area contributed by atoms with E-state index in [9.17, 15) is 0 Å². The Morgan fingerprint density at radius 3 is 2.82 bits per heavy atom. The first-order valence-electron chi connectivity index (χ1n) is 8.41. The highest BCUT2D eigenvalue weighted by Gasteiger charge is 2.29. The Hall–Kier alpha value is -1.67. The maximum Gasteiger partial charge on any atom is 0.0300 e. The van der Waals surface area contributed by atoms with E-state index in [1.807, 2.05) is 18.5 Å². The second kappa shape index (κ2) is 6.62. The van der Waals surface area contributed by atoms with Crippen molar-refractivity contribution in [3.8, 4) is 0 Å². The zero-order valence-corrected chi connectivity index (χ0v) is 13.9. The van der Waals surface area contributed by atoms with Crippen molar-refractivity contribution in [2.24, 2.45) is 0 Å². The molecule has 2 aromatic rings. The summed E-state index contributed by atoms with van der Waals surface area (Å²) in [7, 11) is 0. The predicted octanol–water partition coefficient (Wildman–Crippen LogP) is 4.20. The summed E-state index contributed by atoms with van der Waals surface area (Å²) in [4.78, 5) is 4.29. The highest BCUT2D eigenvalue weighted by Crippen LogP contribution is 2.36. The van der Waals surface area contributed by atoms with Gasteiger partial charge in [0.2, 0.25) is 0 Å². The van der Waals surface area contributed by atoms with Gasteiger partial charge in [-0.15, -0.1) is 0 Å². The molecule has 0 amide bonds. The number of pyridine rings is 1. The van der Waals surface area contributed by atoms with Crippen molar-refractivity contribution in [3.05, 3.63) is 64.5 Å². The van der Waals surface area contributed by atoms with Gasteiger partial charge in [-0.25, -0.2) is 0 Å². The van der Waals surface area contributed by atoms with Crippen LogP contribution in [0.25, 0.3) is 0 Å². The third-order valence-electron chi connectivity index (χ3n) is 5.01. The predicted molar refractivity (Wildman–Crippen MR) is 94.5 cm³/mol. The van der Waals surface area contributed by atoms with E-state index in [4.69, 9.17) is 0 Å². The fourth-order valence-corrected chi connectivity index (χ4v) is 3.72. The van der Waals surface area contributed by atoms with Crippen LogP contribution in [-0.4, -0.2) is 17.6 Å². The summed E-state index contributed by atoms with van der Waals surface area (Å²) in [5, 5.41) is 3.71. The number of benzene rings is 1. The third-order valence-corrected chi connectivity index (χ3v) is 5.01. The zero-order valence-electron chi connectivity index (χ0n) is 13.9. The molecule has 0 saturated carbocycles. The lowest BCUT2D eigenvalue weighted by Gasteiger charge is -2.35. The fraction of sp³-hybridized carbons (Fsp3) is 0.450. The SMILES string of the molecule is CCNC1CCc2cc(C)c(C)cc2C1Cc1cccnc1.[HH]. The second-order valence-electron chi connectivity index (χ2n) is 6.51. The first kappa shape index (κ1) is 15.2. The van der Waals surface area contributed by atoms with Crippen molar-refractivity contribution in [1.82, 2.24) is 10.3 Å². The van der Waals surface area contributed by atoms with Crippen molar-refractivity contribution in [3.63, 3.8) is 0 Å². The first-order chi connectivity index (χ1) is 10.7.